The number of amides is 1. The van der Waals surface area contributed by atoms with Gasteiger partial charge in [-0.05, 0) is 31.0 Å². The summed E-state index contributed by atoms with van der Waals surface area (Å²) in [5, 5.41) is 0. The number of piperazine rings is 1. The minimum Gasteiger partial charge on any atom is -0.360 e. The number of nitrogens with two attached hydrogens (primary N) is 1. The van der Waals surface area contributed by atoms with Crippen molar-refractivity contribution in [3.63, 3.8) is 0 Å². The van der Waals surface area contributed by atoms with E-state index >= 15 is 0 Å². The second-order valence-corrected chi connectivity index (χ2v) is 4.76. The molecule has 1 aliphatic heterocycles. The maximum Gasteiger partial charge on any atom is 0.241 e. The summed E-state index contributed by atoms with van der Waals surface area (Å²) in [5.74, 6) is 0.190. The summed E-state index contributed by atoms with van der Waals surface area (Å²) in [7, 11) is 1.86. The average molecular weight is 247 g/mol. The zero-order chi connectivity index (χ0) is 13.0. The van der Waals surface area contributed by atoms with Crippen LogP contribution in [0.5, 0.6) is 0 Å². The van der Waals surface area contributed by atoms with Crippen molar-refractivity contribution in [1.29, 1.82) is 0 Å². The summed E-state index contributed by atoms with van der Waals surface area (Å²) >= 11 is 0. The van der Waals surface area contributed by atoms with Gasteiger partial charge in [0.15, 0.2) is 0 Å². The second-order valence-electron chi connectivity index (χ2n) is 4.76. The van der Waals surface area contributed by atoms with E-state index in [9.17, 15) is 4.79 Å². The first kappa shape index (κ1) is 12.9. The van der Waals surface area contributed by atoms with Gasteiger partial charge in [0.1, 0.15) is 0 Å². The maximum atomic E-state index is 11.8. The molecular weight excluding hydrogens is 226 g/mol. The zero-order valence-corrected chi connectivity index (χ0v) is 10.9. The summed E-state index contributed by atoms with van der Waals surface area (Å²) < 4.78 is 0. The predicted molar refractivity (Wildman–Crippen MR) is 73.7 cm³/mol. The van der Waals surface area contributed by atoms with Gasteiger partial charge in [-0.2, -0.15) is 0 Å². The number of benzene rings is 1. The predicted octanol–water partition coefficient (Wildman–Crippen LogP) is 0.856. The van der Waals surface area contributed by atoms with E-state index in [1.165, 1.54) is 11.3 Å². The lowest BCUT2D eigenvalue weighted by Crippen LogP contribution is -2.48. The number of hydrogen-bond acceptors (Lipinski definition) is 3. The van der Waals surface area contributed by atoms with Crippen LogP contribution >= 0.6 is 0 Å². The number of para-hydroxylation sites is 1. The van der Waals surface area contributed by atoms with E-state index in [-0.39, 0.29) is 5.91 Å². The van der Waals surface area contributed by atoms with Gasteiger partial charge in [-0.25, -0.2) is 0 Å². The van der Waals surface area contributed by atoms with E-state index in [1.54, 1.807) is 4.90 Å². The van der Waals surface area contributed by atoms with Crippen LogP contribution < -0.4 is 10.6 Å². The third-order valence-corrected chi connectivity index (χ3v) is 3.44. The van der Waals surface area contributed by atoms with Crippen LogP contribution in [0.4, 0.5) is 5.69 Å². The molecule has 0 spiro atoms. The van der Waals surface area contributed by atoms with Gasteiger partial charge in [0, 0.05) is 25.8 Å². The lowest BCUT2D eigenvalue weighted by atomic mass is 10.1. The Bertz CT molecular complexity index is 419. The number of rotatable bonds is 4. The Morgan fingerprint density at radius 2 is 2.06 bits per heavy atom. The van der Waals surface area contributed by atoms with Crippen LogP contribution in [0.25, 0.3) is 0 Å². The molecule has 0 bridgehead atoms. The molecule has 1 aromatic carbocycles. The van der Waals surface area contributed by atoms with Crippen molar-refractivity contribution >= 4 is 11.6 Å². The molecule has 2 rings (SSSR count). The molecule has 4 nitrogen and oxygen atoms in total. The van der Waals surface area contributed by atoms with Gasteiger partial charge < -0.3 is 15.5 Å². The highest BCUT2D eigenvalue weighted by molar-refractivity contribution is 5.82. The van der Waals surface area contributed by atoms with Crippen molar-refractivity contribution in [2.45, 2.75) is 12.8 Å². The van der Waals surface area contributed by atoms with Crippen LogP contribution in [0.15, 0.2) is 24.3 Å². The first-order chi connectivity index (χ1) is 8.72. The maximum absolute atomic E-state index is 11.8. The molecule has 0 aliphatic carbocycles. The smallest absolute Gasteiger partial charge is 0.241 e. The lowest BCUT2D eigenvalue weighted by molar-refractivity contribution is -0.129. The minimum absolute atomic E-state index is 0.190. The van der Waals surface area contributed by atoms with Crippen molar-refractivity contribution in [3.8, 4) is 0 Å². The standard InChI is InChI=1S/C14H21N3O/c1-16-9-10-17(11-14(16)18)13-7-3-2-5-12(13)6-4-8-15/h2-3,5,7H,4,6,8-11,15H2,1H3. The van der Waals surface area contributed by atoms with Gasteiger partial charge >= 0.3 is 0 Å². The SMILES string of the molecule is CN1CCN(c2ccccc2CCCN)CC1=O. The molecule has 1 fully saturated rings. The molecule has 1 amide bonds. The van der Waals surface area contributed by atoms with Crippen molar-refractivity contribution in [2.75, 3.05) is 38.1 Å². The summed E-state index contributed by atoms with van der Waals surface area (Å²) in [6.45, 7) is 2.89. The van der Waals surface area contributed by atoms with Crippen LogP contribution in [0, 0.1) is 0 Å². The van der Waals surface area contributed by atoms with Crippen molar-refractivity contribution in [2.24, 2.45) is 5.73 Å². The number of carbonyl (C=O) groups is 1. The van der Waals surface area contributed by atoms with Crippen LogP contribution in [0.1, 0.15) is 12.0 Å². The summed E-state index contributed by atoms with van der Waals surface area (Å²) in [6, 6.07) is 8.32. The molecule has 0 atom stereocenters. The van der Waals surface area contributed by atoms with E-state index in [2.05, 4.69) is 17.0 Å². The number of aryl methyl sites for hydroxylation is 1. The van der Waals surface area contributed by atoms with Crippen LogP contribution in [-0.4, -0.2) is 44.0 Å². The Labute approximate surface area is 108 Å². The highest BCUT2D eigenvalue weighted by atomic mass is 16.2. The van der Waals surface area contributed by atoms with Gasteiger partial charge in [0.05, 0.1) is 6.54 Å². The van der Waals surface area contributed by atoms with Gasteiger partial charge in [-0.15, -0.1) is 0 Å². The molecule has 18 heavy (non-hydrogen) atoms. The third-order valence-electron chi connectivity index (χ3n) is 3.44. The molecule has 0 aromatic heterocycles. The van der Waals surface area contributed by atoms with Crippen LogP contribution in [-0.2, 0) is 11.2 Å². The summed E-state index contributed by atoms with van der Waals surface area (Å²) in [6.07, 6.45) is 1.96. The molecule has 0 saturated carbocycles. The van der Waals surface area contributed by atoms with Crippen molar-refractivity contribution < 1.29 is 4.79 Å². The fraction of sp³-hybridized carbons (Fsp3) is 0.500. The Morgan fingerprint density at radius 1 is 1.28 bits per heavy atom. The second kappa shape index (κ2) is 5.87. The molecule has 1 aliphatic rings. The number of hydrogen-bond donors (Lipinski definition) is 1. The first-order valence-corrected chi connectivity index (χ1v) is 6.49. The van der Waals surface area contributed by atoms with Gasteiger partial charge in [-0.3, -0.25) is 4.79 Å². The molecule has 2 N–H and O–H groups in total. The number of anilines is 1. The third kappa shape index (κ3) is 2.82. The quantitative estimate of drug-likeness (QED) is 0.858. The molecular formula is C14H21N3O. The number of carbonyl (C=O) groups excluding carboxylic acids is 1. The summed E-state index contributed by atoms with van der Waals surface area (Å²) in [5.41, 5.74) is 8.05. The van der Waals surface area contributed by atoms with E-state index in [1.807, 2.05) is 19.2 Å². The highest BCUT2D eigenvalue weighted by Gasteiger charge is 2.22. The molecule has 1 aromatic rings. The molecule has 98 valence electrons. The van der Waals surface area contributed by atoms with Gasteiger partial charge in [-0.1, -0.05) is 18.2 Å². The van der Waals surface area contributed by atoms with Gasteiger partial charge in [0.2, 0.25) is 5.91 Å². The highest BCUT2D eigenvalue weighted by Crippen LogP contribution is 2.23. The fourth-order valence-electron chi connectivity index (χ4n) is 2.29. The van der Waals surface area contributed by atoms with Crippen molar-refractivity contribution in [1.82, 2.24) is 4.90 Å². The van der Waals surface area contributed by atoms with Crippen LogP contribution in [0.3, 0.4) is 0 Å². The monoisotopic (exact) mass is 247 g/mol. The Hall–Kier alpha value is -1.55. The first-order valence-electron chi connectivity index (χ1n) is 6.49. The van der Waals surface area contributed by atoms with E-state index < -0.39 is 0 Å². The Morgan fingerprint density at radius 3 is 2.78 bits per heavy atom. The normalized spacial score (nSPS) is 16.2. The topological polar surface area (TPSA) is 49.6 Å². The Kier molecular flexibility index (Phi) is 4.20. The molecule has 1 saturated heterocycles. The Balaban J connectivity index is 2.14. The van der Waals surface area contributed by atoms with Crippen LogP contribution in [0.2, 0.25) is 0 Å². The largest absolute Gasteiger partial charge is 0.360 e. The molecule has 0 unspecified atom stereocenters. The minimum atomic E-state index is 0.190. The number of nitrogens with zero attached hydrogens (tertiary/aromatic N) is 2. The fourth-order valence-corrected chi connectivity index (χ4v) is 2.29. The van der Waals surface area contributed by atoms with Crippen molar-refractivity contribution in [3.05, 3.63) is 29.8 Å². The molecule has 0 radical (unpaired) electrons. The van der Waals surface area contributed by atoms with Gasteiger partial charge in [0.25, 0.3) is 0 Å². The number of likely N-dealkylation sites (N-methyl/N-ethyl adjacent to an activating group) is 1. The van der Waals surface area contributed by atoms with E-state index in [4.69, 9.17) is 5.73 Å². The zero-order valence-electron chi connectivity index (χ0n) is 10.9. The lowest BCUT2D eigenvalue weighted by Gasteiger charge is -2.34. The average Bonchev–Trinajstić information content (AvgIpc) is 2.40. The molecule has 4 heteroatoms. The molecule has 1 heterocycles. The summed E-state index contributed by atoms with van der Waals surface area (Å²) in [4.78, 5) is 15.7. The van der Waals surface area contributed by atoms with E-state index in [0.717, 1.165) is 25.9 Å². The van der Waals surface area contributed by atoms with E-state index in [0.29, 0.717) is 13.1 Å².